The molecular formula is C15H10ClF2NO4. The van der Waals surface area contributed by atoms with E-state index in [1.807, 2.05) is 0 Å². The zero-order valence-corrected chi connectivity index (χ0v) is 12.3. The van der Waals surface area contributed by atoms with E-state index in [9.17, 15) is 13.6 Å². The molecule has 0 aliphatic carbocycles. The molecule has 5 nitrogen and oxygen atoms in total. The van der Waals surface area contributed by atoms with Crippen molar-refractivity contribution in [2.24, 2.45) is 0 Å². The molecule has 0 aromatic heterocycles. The molecule has 1 amide bonds. The maximum atomic E-state index is 12.4. The molecule has 1 aliphatic heterocycles. The van der Waals surface area contributed by atoms with E-state index in [0.29, 0.717) is 11.5 Å². The van der Waals surface area contributed by atoms with Gasteiger partial charge in [-0.05, 0) is 24.3 Å². The molecule has 0 bridgehead atoms. The summed E-state index contributed by atoms with van der Waals surface area (Å²) in [5.41, 5.74) is 0.317. The number of rotatable bonds is 4. The van der Waals surface area contributed by atoms with E-state index < -0.39 is 12.5 Å². The number of halogens is 3. The van der Waals surface area contributed by atoms with Gasteiger partial charge in [0.1, 0.15) is 5.75 Å². The number of para-hydroxylation sites is 2. The molecular weight excluding hydrogens is 332 g/mol. The van der Waals surface area contributed by atoms with Gasteiger partial charge in [0.25, 0.3) is 5.91 Å². The van der Waals surface area contributed by atoms with Crippen molar-refractivity contribution in [2.75, 3.05) is 12.1 Å². The Morgan fingerprint density at radius 1 is 1.26 bits per heavy atom. The highest BCUT2D eigenvalue weighted by Gasteiger charge is 2.21. The van der Waals surface area contributed by atoms with Gasteiger partial charge in [0.2, 0.25) is 6.79 Å². The minimum atomic E-state index is -2.99. The van der Waals surface area contributed by atoms with Crippen molar-refractivity contribution in [2.45, 2.75) is 6.61 Å². The van der Waals surface area contributed by atoms with Gasteiger partial charge in [-0.3, -0.25) is 4.79 Å². The number of hydrogen-bond donors (Lipinski definition) is 1. The number of amides is 1. The minimum Gasteiger partial charge on any atom is -0.454 e. The van der Waals surface area contributed by atoms with Crippen molar-refractivity contribution >= 4 is 23.2 Å². The van der Waals surface area contributed by atoms with E-state index in [1.165, 1.54) is 30.3 Å². The van der Waals surface area contributed by atoms with Crippen molar-refractivity contribution in [1.82, 2.24) is 0 Å². The van der Waals surface area contributed by atoms with E-state index in [1.54, 1.807) is 6.07 Å². The van der Waals surface area contributed by atoms with Gasteiger partial charge in [-0.15, -0.1) is 0 Å². The number of anilines is 1. The molecule has 2 aromatic carbocycles. The molecule has 0 saturated carbocycles. The van der Waals surface area contributed by atoms with Gasteiger partial charge in [-0.1, -0.05) is 23.7 Å². The molecule has 2 aromatic rings. The van der Waals surface area contributed by atoms with Gasteiger partial charge >= 0.3 is 6.61 Å². The predicted molar refractivity (Wildman–Crippen MR) is 78.6 cm³/mol. The van der Waals surface area contributed by atoms with E-state index in [4.69, 9.17) is 21.1 Å². The molecule has 1 aliphatic rings. The maximum Gasteiger partial charge on any atom is 0.387 e. The smallest absolute Gasteiger partial charge is 0.387 e. The number of nitrogens with one attached hydrogen (secondary N) is 1. The highest BCUT2D eigenvalue weighted by atomic mass is 35.5. The summed E-state index contributed by atoms with van der Waals surface area (Å²) in [6, 6.07) is 8.74. The van der Waals surface area contributed by atoms with Gasteiger partial charge in [-0.2, -0.15) is 8.78 Å². The molecule has 0 atom stereocenters. The summed E-state index contributed by atoms with van der Waals surface area (Å²) in [4.78, 5) is 12.3. The summed E-state index contributed by atoms with van der Waals surface area (Å²) >= 11 is 6.01. The van der Waals surface area contributed by atoms with Crippen molar-refractivity contribution < 1.29 is 27.8 Å². The van der Waals surface area contributed by atoms with Gasteiger partial charge in [0.15, 0.2) is 11.5 Å². The second-order valence-corrected chi connectivity index (χ2v) is 4.93. The lowest BCUT2D eigenvalue weighted by molar-refractivity contribution is -0.0493. The van der Waals surface area contributed by atoms with Crippen LogP contribution in [-0.4, -0.2) is 19.3 Å². The molecule has 1 N–H and O–H groups in total. The summed E-state index contributed by atoms with van der Waals surface area (Å²) in [7, 11) is 0. The van der Waals surface area contributed by atoms with Crippen molar-refractivity contribution in [3.05, 3.63) is 47.0 Å². The van der Waals surface area contributed by atoms with Gasteiger partial charge < -0.3 is 19.5 Å². The third kappa shape index (κ3) is 3.29. The first-order valence-electron chi connectivity index (χ1n) is 6.49. The second-order valence-electron chi connectivity index (χ2n) is 4.52. The third-order valence-electron chi connectivity index (χ3n) is 3.04. The summed E-state index contributed by atoms with van der Waals surface area (Å²) in [6.45, 7) is -2.97. The topological polar surface area (TPSA) is 56.8 Å². The molecule has 0 radical (unpaired) electrons. The Morgan fingerprint density at radius 3 is 2.83 bits per heavy atom. The lowest BCUT2D eigenvalue weighted by Gasteiger charge is -2.12. The summed E-state index contributed by atoms with van der Waals surface area (Å²) < 4.78 is 39.5. The number of fused-ring (bicyclic) bond motifs is 1. The Bertz CT molecular complexity index is 754. The fraction of sp³-hybridized carbons (Fsp3) is 0.133. The quantitative estimate of drug-likeness (QED) is 0.915. The van der Waals surface area contributed by atoms with Crippen LogP contribution in [0.2, 0.25) is 5.02 Å². The minimum absolute atomic E-state index is 0.0190. The van der Waals surface area contributed by atoms with E-state index >= 15 is 0 Å². The van der Waals surface area contributed by atoms with Crippen LogP contribution in [0.1, 0.15) is 10.4 Å². The highest BCUT2D eigenvalue weighted by molar-refractivity contribution is 6.32. The summed E-state index contributed by atoms with van der Waals surface area (Å²) in [6.07, 6.45) is 0. The monoisotopic (exact) mass is 341 g/mol. The Kier molecular flexibility index (Phi) is 4.20. The zero-order valence-electron chi connectivity index (χ0n) is 11.5. The highest BCUT2D eigenvalue weighted by Crippen LogP contribution is 2.40. The van der Waals surface area contributed by atoms with Crippen LogP contribution < -0.4 is 19.5 Å². The van der Waals surface area contributed by atoms with Crippen molar-refractivity contribution in [1.29, 1.82) is 0 Å². The number of hydrogen-bond acceptors (Lipinski definition) is 4. The van der Waals surface area contributed by atoms with Crippen LogP contribution in [0.25, 0.3) is 0 Å². The van der Waals surface area contributed by atoms with E-state index in [0.717, 1.165) is 0 Å². The van der Waals surface area contributed by atoms with Crippen molar-refractivity contribution in [3.63, 3.8) is 0 Å². The summed E-state index contributed by atoms with van der Waals surface area (Å²) in [5.74, 6) is 0.0302. The van der Waals surface area contributed by atoms with Crippen LogP contribution in [0, 0.1) is 0 Å². The lowest BCUT2D eigenvalue weighted by Crippen LogP contribution is -2.14. The fourth-order valence-corrected chi connectivity index (χ4v) is 2.33. The normalized spacial score (nSPS) is 12.3. The SMILES string of the molecule is O=C(Nc1ccccc1OC(F)F)c1cc(Cl)c2c(c1)OCO2. The predicted octanol–water partition coefficient (Wildman–Crippen LogP) is 3.92. The molecule has 0 saturated heterocycles. The van der Waals surface area contributed by atoms with Crippen LogP contribution in [0.4, 0.5) is 14.5 Å². The maximum absolute atomic E-state index is 12.4. The lowest BCUT2D eigenvalue weighted by atomic mass is 10.1. The van der Waals surface area contributed by atoms with E-state index in [2.05, 4.69) is 10.1 Å². The Hall–Kier alpha value is -2.54. The molecule has 0 spiro atoms. The van der Waals surface area contributed by atoms with E-state index in [-0.39, 0.29) is 28.8 Å². The Morgan fingerprint density at radius 2 is 2.04 bits per heavy atom. The first-order chi connectivity index (χ1) is 11.0. The molecule has 23 heavy (non-hydrogen) atoms. The zero-order chi connectivity index (χ0) is 16.4. The number of benzene rings is 2. The molecule has 0 fully saturated rings. The largest absolute Gasteiger partial charge is 0.454 e. The fourth-order valence-electron chi connectivity index (χ4n) is 2.06. The van der Waals surface area contributed by atoms with Crippen LogP contribution in [0.15, 0.2) is 36.4 Å². The molecule has 0 unspecified atom stereocenters. The molecule has 120 valence electrons. The number of alkyl halides is 2. The Balaban J connectivity index is 1.84. The molecule has 1 heterocycles. The number of ether oxygens (including phenoxy) is 3. The van der Waals surface area contributed by atoms with Gasteiger partial charge in [0, 0.05) is 5.56 Å². The molecule has 8 heteroatoms. The third-order valence-corrected chi connectivity index (χ3v) is 3.32. The van der Waals surface area contributed by atoms with Gasteiger partial charge in [-0.25, -0.2) is 0 Å². The van der Waals surface area contributed by atoms with Crippen molar-refractivity contribution in [3.8, 4) is 17.2 Å². The second kappa shape index (κ2) is 6.29. The molecule has 3 rings (SSSR count). The van der Waals surface area contributed by atoms with Crippen LogP contribution >= 0.6 is 11.6 Å². The first kappa shape index (κ1) is 15.4. The average Bonchev–Trinajstić information content (AvgIpc) is 2.97. The standard InChI is InChI=1S/C15H10ClF2NO4/c16-9-5-8(6-12-13(9)22-7-21-12)14(20)19-10-3-1-2-4-11(10)23-15(17)18/h1-6,15H,7H2,(H,19,20). The first-order valence-corrected chi connectivity index (χ1v) is 6.86. The van der Waals surface area contributed by atoms with Crippen LogP contribution in [0.5, 0.6) is 17.2 Å². The average molecular weight is 342 g/mol. The Labute approximate surface area is 134 Å². The van der Waals surface area contributed by atoms with Crippen LogP contribution in [-0.2, 0) is 0 Å². The number of carbonyl (C=O) groups is 1. The summed E-state index contributed by atoms with van der Waals surface area (Å²) in [5, 5.41) is 2.72. The van der Waals surface area contributed by atoms with Crippen LogP contribution in [0.3, 0.4) is 0 Å². The number of carbonyl (C=O) groups excluding carboxylic acids is 1. The van der Waals surface area contributed by atoms with Gasteiger partial charge in [0.05, 0.1) is 10.7 Å².